The molecule has 3 aromatic rings. The molecule has 4 unspecified atom stereocenters. The molecule has 41 heavy (non-hydrogen) atoms. The van der Waals surface area contributed by atoms with Gasteiger partial charge in [0.05, 0.1) is 23.3 Å². The molecular weight excluding hydrogens is 555 g/mol. The van der Waals surface area contributed by atoms with E-state index in [4.69, 9.17) is 4.74 Å². The Bertz CT molecular complexity index is 1260. The van der Waals surface area contributed by atoms with Crippen molar-refractivity contribution < 1.29 is 35.5 Å². The van der Waals surface area contributed by atoms with Crippen LogP contribution in [0.1, 0.15) is 78.6 Å². The summed E-state index contributed by atoms with van der Waals surface area (Å²) in [6.07, 6.45) is -8.34. The lowest BCUT2D eigenvalue weighted by molar-refractivity contribution is -0.143. The number of nitrogens with zero attached hydrogens (tertiary/aromatic N) is 4. The molecule has 222 valence electrons. The number of hydrogen-bond donors (Lipinski definition) is 1. The SMILES string of the molecule is CC(OC1CCC(CN2CCC(c3nn[nH]n3)CC2)C1c1ccc(F)cc1)c1cc(C(F)(F)F)cc(C(F)(F)F)c1. The van der Waals surface area contributed by atoms with Crippen LogP contribution in [0.2, 0.25) is 0 Å². The van der Waals surface area contributed by atoms with Gasteiger partial charge in [0.25, 0.3) is 0 Å². The van der Waals surface area contributed by atoms with Crippen LogP contribution >= 0.6 is 0 Å². The Balaban J connectivity index is 1.34. The zero-order valence-electron chi connectivity index (χ0n) is 22.2. The van der Waals surface area contributed by atoms with E-state index in [-0.39, 0.29) is 29.4 Å². The number of aromatic nitrogens is 4. The van der Waals surface area contributed by atoms with E-state index in [0.29, 0.717) is 24.4 Å². The maximum Gasteiger partial charge on any atom is 0.416 e. The fraction of sp³-hybridized carbons (Fsp3) is 0.536. The third kappa shape index (κ3) is 6.88. The summed E-state index contributed by atoms with van der Waals surface area (Å²) >= 11 is 0. The fourth-order valence-electron chi connectivity index (χ4n) is 6.17. The average molecular weight is 586 g/mol. The molecule has 4 atom stereocenters. The highest BCUT2D eigenvalue weighted by Crippen LogP contribution is 2.45. The topological polar surface area (TPSA) is 66.9 Å². The van der Waals surface area contributed by atoms with Gasteiger partial charge in [-0.25, -0.2) is 4.39 Å². The van der Waals surface area contributed by atoms with E-state index in [0.717, 1.165) is 44.5 Å². The van der Waals surface area contributed by atoms with Crippen molar-refractivity contribution in [2.45, 2.75) is 69.0 Å². The van der Waals surface area contributed by atoms with Crippen LogP contribution in [0, 0.1) is 11.7 Å². The minimum Gasteiger partial charge on any atom is -0.370 e. The summed E-state index contributed by atoms with van der Waals surface area (Å²) < 4.78 is 101. The molecule has 6 nitrogen and oxygen atoms in total. The highest BCUT2D eigenvalue weighted by Gasteiger charge is 2.41. The van der Waals surface area contributed by atoms with Gasteiger partial charge in [-0.05, 0) is 93.1 Å². The number of tetrazole rings is 1. The van der Waals surface area contributed by atoms with Crippen molar-refractivity contribution in [1.29, 1.82) is 0 Å². The van der Waals surface area contributed by atoms with Crippen LogP contribution in [0.4, 0.5) is 30.7 Å². The number of rotatable bonds is 7. The summed E-state index contributed by atoms with van der Waals surface area (Å²) in [6.45, 7) is 3.83. The predicted octanol–water partition coefficient (Wildman–Crippen LogP) is 6.90. The van der Waals surface area contributed by atoms with Gasteiger partial charge in [-0.2, -0.15) is 31.6 Å². The summed E-state index contributed by atoms with van der Waals surface area (Å²) in [6, 6.07) is 7.60. The zero-order chi connectivity index (χ0) is 29.4. The third-order valence-corrected chi connectivity index (χ3v) is 8.25. The quantitative estimate of drug-likeness (QED) is 0.306. The summed E-state index contributed by atoms with van der Waals surface area (Å²) in [5, 5.41) is 14.3. The number of halogens is 7. The summed E-state index contributed by atoms with van der Waals surface area (Å²) in [4.78, 5) is 2.34. The average Bonchev–Trinajstić information content (AvgIpc) is 3.59. The van der Waals surface area contributed by atoms with Crippen LogP contribution in [-0.2, 0) is 17.1 Å². The van der Waals surface area contributed by atoms with Gasteiger partial charge in [-0.15, -0.1) is 10.2 Å². The lowest BCUT2D eigenvalue weighted by Gasteiger charge is -2.35. The number of hydrogen-bond acceptors (Lipinski definition) is 5. The molecule has 1 saturated carbocycles. The Morgan fingerprint density at radius 1 is 0.927 bits per heavy atom. The molecule has 0 radical (unpaired) electrons. The summed E-state index contributed by atoms with van der Waals surface area (Å²) in [5.74, 6) is 0.404. The molecule has 1 aromatic heterocycles. The van der Waals surface area contributed by atoms with E-state index in [1.165, 1.54) is 19.1 Å². The Hall–Kier alpha value is -3.06. The number of piperidine rings is 1. The number of H-pyrrole nitrogens is 1. The maximum atomic E-state index is 13.8. The fourth-order valence-corrected chi connectivity index (χ4v) is 6.17. The normalized spacial score (nSPS) is 23.7. The Morgan fingerprint density at radius 2 is 1.56 bits per heavy atom. The smallest absolute Gasteiger partial charge is 0.370 e. The summed E-state index contributed by atoms with van der Waals surface area (Å²) in [5.41, 5.74) is -2.12. The lowest BCUT2D eigenvalue weighted by atomic mass is 9.86. The first kappa shape index (κ1) is 29.4. The Labute approximate surface area is 232 Å². The van der Waals surface area contributed by atoms with Crippen LogP contribution in [0.25, 0.3) is 0 Å². The van der Waals surface area contributed by atoms with Crippen molar-refractivity contribution in [2.75, 3.05) is 19.6 Å². The van der Waals surface area contributed by atoms with Crippen molar-refractivity contribution in [2.24, 2.45) is 5.92 Å². The first-order chi connectivity index (χ1) is 19.4. The van der Waals surface area contributed by atoms with Crippen molar-refractivity contribution in [3.05, 3.63) is 76.4 Å². The molecule has 0 bridgehead atoms. The first-order valence-electron chi connectivity index (χ1n) is 13.5. The van der Waals surface area contributed by atoms with Gasteiger partial charge in [0, 0.05) is 18.4 Å². The van der Waals surface area contributed by atoms with Crippen LogP contribution < -0.4 is 0 Å². The van der Waals surface area contributed by atoms with Gasteiger partial charge in [-0.3, -0.25) is 0 Å². The molecule has 13 heteroatoms. The van der Waals surface area contributed by atoms with Gasteiger partial charge >= 0.3 is 12.4 Å². The van der Waals surface area contributed by atoms with Crippen LogP contribution in [0.15, 0.2) is 42.5 Å². The number of alkyl halides is 6. The first-order valence-corrected chi connectivity index (χ1v) is 13.5. The second-order valence-electron chi connectivity index (χ2n) is 10.9. The van der Waals surface area contributed by atoms with Crippen LogP contribution in [-0.4, -0.2) is 51.3 Å². The van der Waals surface area contributed by atoms with Gasteiger partial charge in [0.1, 0.15) is 5.82 Å². The number of ether oxygens (including phenoxy) is 1. The van der Waals surface area contributed by atoms with E-state index in [1.807, 2.05) is 0 Å². The van der Waals surface area contributed by atoms with E-state index in [1.54, 1.807) is 12.1 Å². The molecule has 0 amide bonds. The zero-order valence-corrected chi connectivity index (χ0v) is 22.2. The number of nitrogens with one attached hydrogen (secondary N) is 1. The van der Waals surface area contributed by atoms with Crippen LogP contribution in [0.3, 0.4) is 0 Å². The highest BCUT2D eigenvalue weighted by molar-refractivity contribution is 5.35. The predicted molar refractivity (Wildman–Crippen MR) is 134 cm³/mol. The van der Waals surface area contributed by atoms with E-state index >= 15 is 0 Å². The molecule has 2 aliphatic rings. The van der Waals surface area contributed by atoms with Crippen molar-refractivity contribution in [1.82, 2.24) is 25.5 Å². The number of benzene rings is 2. The minimum absolute atomic E-state index is 0.103. The van der Waals surface area contributed by atoms with Gasteiger partial charge in [0.15, 0.2) is 5.82 Å². The van der Waals surface area contributed by atoms with Crippen molar-refractivity contribution in [3.63, 3.8) is 0 Å². The van der Waals surface area contributed by atoms with Gasteiger partial charge in [-0.1, -0.05) is 17.3 Å². The van der Waals surface area contributed by atoms with E-state index < -0.39 is 41.5 Å². The van der Waals surface area contributed by atoms with Gasteiger partial charge in [0.2, 0.25) is 0 Å². The molecule has 2 aromatic carbocycles. The minimum atomic E-state index is -4.94. The van der Waals surface area contributed by atoms with Crippen molar-refractivity contribution in [3.8, 4) is 0 Å². The lowest BCUT2D eigenvalue weighted by Crippen LogP contribution is -2.38. The monoisotopic (exact) mass is 585 g/mol. The molecule has 1 aliphatic heterocycles. The van der Waals surface area contributed by atoms with Crippen molar-refractivity contribution >= 4 is 0 Å². The molecule has 5 rings (SSSR count). The molecule has 1 N–H and O–H groups in total. The molecule has 2 fully saturated rings. The summed E-state index contributed by atoms with van der Waals surface area (Å²) in [7, 11) is 0. The molecular formula is C28H30F7N5O. The van der Waals surface area contributed by atoms with Crippen LogP contribution in [0.5, 0.6) is 0 Å². The molecule has 1 aliphatic carbocycles. The third-order valence-electron chi connectivity index (χ3n) is 8.25. The maximum absolute atomic E-state index is 13.8. The second-order valence-corrected chi connectivity index (χ2v) is 10.9. The molecule has 1 saturated heterocycles. The molecule has 2 heterocycles. The largest absolute Gasteiger partial charge is 0.416 e. The van der Waals surface area contributed by atoms with E-state index in [9.17, 15) is 30.7 Å². The van der Waals surface area contributed by atoms with Gasteiger partial charge < -0.3 is 9.64 Å². The number of aromatic amines is 1. The second kappa shape index (κ2) is 11.7. The standard InChI is InChI=1S/C28H30F7N5O/c1-16(20-12-21(27(30,31)32)14-22(13-20)28(33,34)35)41-24-7-4-19(25(24)17-2-5-23(29)6-3-17)15-40-10-8-18(9-11-40)26-36-38-39-37-26/h2-3,5-6,12-14,16,18-19,24-25H,4,7-11,15H2,1H3,(H,36,37,38,39). The Morgan fingerprint density at radius 3 is 2.12 bits per heavy atom. The highest BCUT2D eigenvalue weighted by atomic mass is 19.4. The molecule has 0 spiro atoms. The van der Waals surface area contributed by atoms with E-state index in [2.05, 4.69) is 25.5 Å². The number of likely N-dealkylation sites (tertiary alicyclic amines) is 1. The Kier molecular flexibility index (Phi) is 8.38.